The number of pyridine rings is 1. The van der Waals surface area contributed by atoms with E-state index in [9.17, 15) is 9.18 Å². The monoisotopic (exact) mass is 408 g/mol. The van der Waals surface area contributed by atoms with Crippen molar-refractivity contribution in [3.8, 4) is 17.3 Å². The minimum atomic E-state index is -0.758. The normalized spacial score (nSPS) is 10.9. The zero-order valence-electron chi connectivity index (χ0n) is 15.8. The van der Waals surface area contributed by atoms with E-state index in [1.807, 2.05) is 6.07 Å². The smallest absolute Gasteiger partial charge is 0.402 e. The van der Waals surface area contributed by atoms with Gasteiger partial charge in [-0.3, -0.25) is 9.67 Å². The van der Waals surface area contributed by atoms with Crippen molar-refractivity contribution < 1.29 is 13.9 Å². The SMILES string of the molecule is CNC(=O)Oc1c(N)nc(-c2nn(Cc3cccnc3)c3cc(F)ccc23)nc1N. The number of hydrogen-bond acceptors (Lipinski definition) is 8. The summed E-state index contributed by atoms with van der Waals surface area (Å²) in [5.41, 5.74) is 13.6. The Morgan fingerprint density at radius 1 is 1.23 bits per heavy atom. The zero-order chi connectivity index (χ0) is 21.3. The van der Waals surface area contributed by atoms with Gasteiger partial charge in [0.1, 0.15) is 11.5 Å². The fraction of sp³-hybridized carbons (Fsp3) is 0.105. The van der Waals surface area contributed by atoms with E-state index in [-0.39, 0.29) is 23.2 Å². The van der Waals surface area contributed by atoms with Crippen molar-refractivity contribution in [2.24, 2.45) is 0 Å². The highest BCUT2D eigenvalue weighted by molar-refractivity contribution is 5.92. The fourth-order valence-electron chi connectivity index (χ4n) is 2.94. The summed E-state index contributed by atoms with van der Waals surface area (Å²) in [6, 6.07) is 7.96. The van der Waals surface area contributed by atoms with Crippen LogP contribution < -0.4 is 21.5 Å². The van der Waals surface area contributed by atoms with Gasteiger partial charge in [0.2, 0.25) is 5.75 Å². The molecule has 11 heteroatoms. The first-order chi connectivity index (χ1) is 14.5. The van der Waals surface area contributed by atoms with Crippen molar-refractivity contribution in [2.45, 2.75) is 6.54 Å². The molecule has 3 aromatic heterocycles. The molecule has 30 heavy (non-hydrogen) atoms. The third kappa shape index (κ3) is 3.55. The molecule has 0 unspecified atom stereocenters. The van der Waals surface area contributed by atoms with Crippen molar-refractivity contribution >= 4 is 28.6 Å². The van der Waals surface area contributed by atoms with Crippen molar-refractivity contribution in [1.29, 1.82) is 0 Å². The Balaban J connectivity index is 1.82. The molecule has 4 aromatic rings. The van der Waals surface area contributed by atoms with Crippen LogP contribution in [0.25, 0.3) is 22.4 Å². The lowest BCUT2D eigenvalue weighted by Crippen LogP contribution is -2.23. The van der Waals surface area contributed by atoms with Crippen LogP contribution in [0.3, 0.4) is 0 Å². The molecule has 0 saturated carbocycles. The van der Waals surface area contributed by atoms with Crippen molar-refractivity contribution in [3.63, 3.8) is 0 Å². The Bertz CT molecular complexity index is 1220. The molecule has 0 atom stereocenters. The first kappa shape index (κ1) is 19.1. The summed E-state index contributed by atoms with van der Waals surface area (Å²) < 4.78 is 20.5. The molecular weight excluding hydrogens is 391 g/mol. The minimum Gasteiger partial charge on any atom is -0.402 e. The number of benzene rings is 1. The number of rotatable bonds is 4. The molecule has 1 aromatic carbocycles. The van der Waals surface area contributed by atoms with Crippen LogP contribution in [0, 0.1) is 5.82 Å². The Kier molecular flexibility index (Phi) is 4.84. The lowest BCUT2D eigenvalue weighted by Gasteiger charge is -2.09. The lowest BCUT2D eigenvalue weighted by atomic mass is 10.2. The molecule has 0 aliphatic rings. The summed E-state index contributed by atoms with van der Waals surface area (Å²) in [6.07, 6.45) is 2.60. The van der Waals surface area contributed by atoms with Gasteiger partial charge in [-0.05, 0) is 29.8 Å². The molecule has 1 amide bonds. The van der Waals surface area contributed by atoms with Crippen LogP contribution in [-0.2, 0) is 6.54 Å². The maximum absolute atomic E-state index is 13.9. The standard InChI is InChI=1S/C19H17FN8O2/c1-23-19(29)30-15-16(21)25-18(26-17(15)22)14-12-5-4-11(20)7-13(12)28(27-14)9-10-3-2-6-24-8-10/h2-8H,9H2,1H3,(H,23,29)(H4,21,22,25,26). The van der Waals surface area contributed by atoms with E-state index in [1.165, 1.54) is 19.2 Å². The van der Waals surface area contributed by atoms with Crippen molar-refractivity contribution in [3.05, 3.63) is 54.1 Å². The van der Waals surface area contributed by atoms with Crippen LogP contribution in [0.15, 0.2) is 42.7 Å². The quantitative estimate of drug-likeness (QED) is 0.464. The van der Waals surface area contributed by atoms with Gasteiger partial charge in [-0.15, -0.1) is 0 Å². The van der Waals surface area contributed by atoms with Crippen LogP contribution in [0.4, 0.5) is 20.8 Å². The molecule has 0 aliphatic heterocycles. The number of halogens is 1. The Hall–Kier alpha value is -4.28. The number of carbonyl (C=O) groups is 1. The number of carbonyl (C=O) groups excluding carboxylic acids is 1. The molecule has 0 bridgehead atoms. The zero-order valence-corrected chi connectivity index (χ0v) is 15.8. The van der Waals surface area contributed by atoms with Crippen LogP contribution in [0.5, 0.6) is 5.75 Å². The van der Waals surface area contributed by atoms with E-state index in [0.717, 1.165) is 5.56 Å². The number of ether oxygens (including phenoxy) is 1. The average molecular weight is 408 g/mol. The largest absolute Gasteiger partial charge is 0.412 e. The van der Waals surface area contributed by atoms with Crippen LogP contribution in [0.1, 0.15) is 5.56 Å². The number of nitrogens with zero attached hydrogens (tertiary/aromatic N) is 5. The number of nitrogen functional groups attached to an aromatic ring is 2. The molecule has 152 valence electrons. The molecule has 3 heterocycles. The first-order valence-electron chi connectivity index (χ1n) is 8.84. The van der Waals surface area contributed by atoms with Gasteiger partial charge < -0.3 is 21.5 Å². The van der Waals surface area contributed by atoms with E-state index >= 15 is 0 Å². The van der Waals surface area contributed by atoms with E-state index in [4.69, 9.17) is 16.2 Å². The summed E-state index contributed by atoms with van der Waals surface area (Å²) in [6.45, 7) is 0.358. The van der Waals surface area contributed by atoms with Gasteiger partial charge in [0.05, 0.1) is 12.1 Å². The number of aromatic nitrogens is 5. The molecule has 0 fully saturated rings. The van der Waals surface area contributed by atoms with Crippen LogP contribution >= 0.6 is 0 Å². The minimum absolute atomic E-state index is 0.121. The van der Waals surface area contributed by atoms with Crippen LogP contribution in [0.2, 0.25) is 0 Å². The molecule has 5 N–H and O–H groups in total. The molecular formula is C19H17FN8O2. The van der Waals surface area contributed by atoms with Gasteiger partial charge in [0, 0.05) is 24.8 Å². The van der Waals surface area contributed by atoms with Gasteiger partial charge in [-0.25, -0.2) is 19.2 Å². The molecule has 4 rings (SSSR count). The second kappa shape index (κ2) is 7.62. The summed E-state index contributed by atoms with van der Waals surface area (Å²) in [5.74, 6) is -0.689. The van der Waals surface area contributed by atoms with Crippen molar-refractivity contribution in [1.82, 2.24) is 30.0 Å². The highest BCUT2D eigenvalue weighted by Crippen LogP contribution is 2.32. The maximum Gasteiger partial charge on any atom is 0.412 e. The van der Waals surface area contributed by atoms with Crippen LogP contribution in [-0.4, -0.2) is 37.9 Å². The molecule has 0 aliphatic carbocycles. The third-order valence-corrected chi connectivity index (χ3v) is 4.30. The predicted octanol–water partition coefficient (Wildman–Crippen LogP) is 1.96. The van der Waals surface area contributed by atoms with E-state index in [2.05, 4.69) is 25.4 Å². The topological polar surface area (TPSA) is 147 Å². The lowest BCUT2D eigenvalue weighted by molar-refractivity contribution is 0.203. The van der Waals surface area contributed by atoms with Gasteiger partial charge in [-0.2, -0.15) is 5.10 Å². The number of nitrogens with one attached hydrogen (secondary N) is 1. The van der Waals surface area contributed by atoms with E-state index in [1.54, 1.807) is 29.2 Å². The Labute approximate surface area is 169 Å². The van der Waals surface area contributed by atoms with E-state index in [0.29, 0.717) is 23.1 Å². The molecule has 0 radical (unpaired) electrons. The Morgan fingerprint density at radius 3 is 2.67 bits per heavy atom. The second-order valence-electron chi connectivity index (χ2n) is 6.32. The fourth-order valence-corrected chi connectivity index (χ4v) is 2.94. The third-order valence-electron chi connectivity index (χ3n) is 4.30. The summed E-state index contributed by atoms with van der Waals surface area (Å²) in [4.78, 5) is 23.9. The highest BCUT2D eigenvalue weighted by Gasteiger charge is 2.20. The molecule has 0 spiro atoms. The van der Waals surface area contributed by atoms with E-state index < -0.39 is 11.9 Å². The van der Waals surface area contributed by atoms with Crippen molar-refractivity contribution in [2.75, 3.05) is 18.5 Å². The summed E-state index contributed by atoms with van der Waals surface area (Å²) >= 11 is 0. The second-order valence-corrected chi connectivity index (χ2v) is 6.32. The predicted molar refractivity (Wildman–Crippen MR) is 108 cm³/mol. The summed E-state index contributed by atoms with van der Waals surface area (Å²) in [7, 11) is 1.39. The molecule has 0 saturated heterocycles. The van der Waals surface area contributed by atoms with Gasteiger partial charge in [0.15, 0.2) is 17.5 Å². The number of hydrogen-bond donors (Lipinski definition) is 3. The Morgan fingerprint density at radius 2 is 2.00 bits per heavy atom. The van der Waals surface area contributed by atoms with Gasteiger partial charge >= 0.3 is 6.09 Å². The number of amides is 1. The first-order valence-corrected chi connectivity index (χ1v) is 8.84. The number of anilines is 2. The van der Waals surface area contributed by atoms with Gasteiger partial charge in [0.25, 0.3) is 0 Å². The number of fused-ring (bicyclic) bond motifs is 1. The van der Waals surface area contributed by atoms with Gasteiger partial charge in [-0.1, -0.05) is 6.07 Å². The number of nitrogens with two attached hydrogens (primary N) is 2. The molecule has 10 nitrogen and oxygen atoms in total. The average Bonchev–Trinajstić information content (AvgIpc) is 3.08. The maximum atomic E-state index is 13.9. The summed E-state index contributed by atoms with van der Waals surface area (Å²) in [5, 5.41) is 7.45. The highest BCUT2D eigenvalue weighted by atomic mass is 19.1.